The van der Waals surface area contributed by atoms with Crippen molar-refractivity contribution in [1.82, 2.24) is 24.3 Å². The van der Waals surface area contributed by atoms with Gasteiger partial charge in [-0.25, -0.2) is 31.4 Å². The van der Waals surface area contributed by atoms with Gasteiger partial charge in [0.05, 0.1) is 33.3 Å². The summed E-state index contributed by atoms with van der Waals surface area (Å²) in [6, 6.07) is 13.3. The molecule has 0 saturated carbocycles. The monoisotopic (exact) mass is 755 g/mol. The van der Waals surface area contributed by atoms with E-state index < -0.39 is 57.6 Å². The molecule has 2 N–H and O–H groups in total. The molecule has 3 aromatic heterocycles. The van der Waals surface area contributed by atoms with Gasteiger partial charge in [-0.3, -0.25) is 18.8 Å². The van der Waals surface area contributed by atoms with Gasteiger partial charge >= 0.3 is 6.09 Å². The van der Waals surface area contributed by atoms with Gasteiger partial charge in [-0.2, -0.15) is 14.4 Å². The summed E-state index contributed by atoms with van der Waals surface area (Å²) < 4.78 is 82.0. The van der Waals surface area contributed by atoms with E-state index in [1.807, 2.05) is 0 Å². The topological polar surface area (TPSA) is 182 Å². The van der Waals surface area contributed by atoms with Crippen LogP contribution in [0.3, 0.4) is 0 Å². The molecule has 268 valence electrons. The highest BCUT2D eigenvalue weighted by atomic mass is 35.5. The number of pyridine rings is 1. The van der Waals surface area contributed by atoms with E-state index in [0.717, 1.165) is 35.9 Å². The molecular weight excluding hydrogens is 731 g/mol. The summed E-state index contributed by atoms with van der Waals surface area (Å²) in [6.45, 7) is 1.01. The number of ether oxygens (including phenoxy) is 2. The lowest BCUT2D eigenvalue weighted by Crippen LogP contribution is -2.34. The zero-order valence-electron chi connectivity index (χ0n) is 27.2. The smallest absolute Gasteiger partial charge is 0.405 e. The molecule has 0 saturated heterocycles. The molecule has 3 heterocycles. The summed E-state index contributed by atoms with van der Waals surface area (Å²) in [6.07, 6.45) is -2.65. The third kappa shape index (κ3) is 6.84. The fraction of sp³-hybridized carbons (Fsp3) is 0.152. The van der Waals surface area contributed by atoms with Gasteiger partial charge in [-0.1, -0.05) is 23.7 Å². The molecule has 1 atom stereocenters. The number of benzene rings is 3. The molecule has 2 amide bonds. The third-order valence-corrected chi connectivity index (χ3v) is 9.03. The molecule has 6 aromatic rings. The Hall–Kier alpha value is -6.01. The van der Waals surface area contributed by atoms with Gasteiger partial charge in [0.25, 0.3) is 5.56 Å². The lowest BCUT2D eigenvalue weighted by molar-refractivity contribution is -0.115. The van der Waals surface area contributed by atoms with E-state index in [1.54, 1.807) is 0 Å². The number of sulfonamides is 1. The summed E-state index contributed by atoms with van der Waals surface area (Å²) in [5, 5.41) is 4.00. The molecule has 0 aliphatic rings. The summed E-state index contributed by atoms with van der Waals surface area (Å²) in [5.41, 5.74) is 4.25. The second-order valence-corrected chi connectivity index (χ2v) is 13.6. The van der Waals surface area contributed by atoms with Crippen LogP contribution in [0.25, 0.3) is 27.6 Å². The van der Waals surface area contributed by atoms with E-state index in [2.05, 4.69) is 15.1 Å². The van der Waals surface area contributed by atoms with Gasteiger partial charge in [-0.05, 0) is 48.0 Å². The van der Waals surface area contributed by atoms with Crippen LogP contribution < -0.4 is 20.3 Å². The summed E-state index contributed by atoms with van der Waals surface area (Å²) in [4.78, 5) is 48.2. The van der Waals surface area contributed by atoms with Crippen LogP contribution in [-0.2, 0) is 33.0 Å². The molecule has 0 unspecified atom stereocenters. The number of aryl methyl sites for hydroxylation is 1. The van der Waals surface area contributed by atoms with Crippen molar-refractivity contribution >= 4 is 61.4 Å². The summed E-state index contributed by atoms with van der Waals surface area (Å²) in [7, 11) is -2.85. The minimum Gasteiger partial charge on any atom is -0.438 e. The Morgan fingerprint density at radius 2 is 1.71 bits per heavy atom. The first-order valence-corrected chi connectivity index (χ1v) is 17.2. The second-order valence-electron chi connectivity index (χ2n) is 11.4. The highest BCUT2D eigenvalue weighted by Crippen LogP contribution is 2.38. The quantitative estimate of drug-likeness (QED) is 0.205. The fourth-order valence-electron chi connectivity index (χ4n) is 5.68. The molecule has 6 rings (SSSR count). The van der Waals surface area contributed by atoms with Crippen molar-refractivity contribution in [3.63, 3.8) is 0 Å². The zero-order valence-corrected chi connectivity index (χ0v) is 28.7. The normalized spacial score (nSPS) is 12.2. The van der Waals surface area contributed by atoms with Crippen LogP contribution in [0.4, 0.5) is 23.8 Å². The number of fused-ring (bicyclic) bond motifs is 2. The molecule has 3 aromatic carbocycles. The highest BCUT2D eigenvalue weighted by Gasteiger charge is 2.32. The number of nitrogens with two attached hydrogens (primary N) is 1. The van der Waals surface area contributed by atoms with Crippen molar-refractivity contribution in [2.75, 3.05) is 10.6 Å². The van der Waals surface area contributed by atoms with Crippen molar-refractivity contribution in [2.45, 2.75) is 19.4 Å². The van der Waals surface area contributed by atoms with Crippen molar-refractivity contribution in [3.05, 3.63) is 111 Å². The Bertz CT molecular complexity index is 2600. The second kappa shape index (κ2) is 13.6. The Balaban J connectivity index is 1.67. The summed E-state index contributed by atoms with van der Waals surface area (Å²) >= 11 is 6.58. The number of halogens is 4. The maximum Gasteiger partial charge on any atom is 0.405 e. The summed E-state index contributed by atoms with van der Waals surface area (Å²) in [5.74, 6) is -4.63. The molecule has 14 nitrogen and oxygen atoms in total. The number of amides is 2. The first-order chi connectivity index (χ1) is 24.5. The van der Waals surface area contributed by atoms with Crippen molar-refractivity contribution in [3.8, 4) is 17.3 Å². The first-order valence-electron chi connectivity index (χ1n) is 15.0. The maximum absolute atomic E-state index is 14.5. The number of para-hydroxylation sites is 1. The fourth-order valence-corrected chi connectivity index (χ4v) is 6.83. The minimum atomic E-state index is -4.24. The maximum atomic E-state index is 14.5. The Kier molecular flexibility index (Phi) is 9.37. The van der Waals surface area contributed by atoms with Crippen molar-refractivity contribution in [1.29, 1.82) is 0 Å². The Morgan fingerprint density at radius 1 is 1.02 bits per heavy atom. The molecule has 0 fully saturated rings. The lowest BCUT2D eigenvalue weighted by atomic mass is 10.1. The van der Waals surface area contributed by atoms with Gasteiger partial charge in [0, 0.05) is 32.5 Å². The first kappa shape index (κ1) is 35.8. The Morgan fingerprint density at radius 3 is 2.35 bits per heavy atom. The average molecular weight is 756 g/mol. The largest absolute Gasteiger partial charge is 0.438 e. The molecule has 52 heavy (non-hydrogen) atoms. The molecule has 0 aliphatic carbocycles. The number of hydrogen-bond donors (Lipinski definition) is 1. The van der Waals surface area contributed by atoms with E-state index in [9.17, 15) is 36.0 Å². The number of hydrogen-bond acceptors (Lipinski definition) is 10. The van der Waals surface area contributed by atoms with Crippen LogP contribution in [0.15, 0.2) is 71.5 Å². The molecule has 0 aliphatic heterocycles. The van der Waals surface area contributed by atoms with Crippen LogP contribution in [-0.4, -0.2) is 51.0 Å². The van der Waals surface area contributed by atoms with Crippen molar-refractivity contribution in [2.24, 2.45) is 12.8 Å². The number of carbonyl (C=O) groups excluding carboxylic acids is 2. The standard InChI is InChI=1S/C33H25ClF3N7O7S/c1-16(45)44(52(3,48)49)31-27-21(34)9-10-23(28(27)42(2)41-31)43-30(25(51-33(38)47)14-17-12-18(35)15-19(36)13-17)40-29-20(32(43)46)8-11-26(39-29)50-24-7-5-4-6-22(24)37/h4-13,15,25H,14H2,1-3H3,(H2,38,47)/t25-/m0/s1. The molecule has 0 bridgehead atoms. The van der Waals surface area contributed by atoms with Crippen LogP contribution in [0, 0.1) is 17.5 Å². The molecular formula is C33H25ClF3N7O7S. The number of primary amides is 1. The predicted octanol–water partition coefficient (Wildman–Crippen LogP) is 5.22. The van der Waals surface area contributed by atoms with E-state index in [1.165, 1.54) is 54.2 Å². The average Bonchev–Trinajstić information content (AvgIpc) is 3.37. The molecule has 0 spiro atoms. The SMILES string of the molecule is CC(=O)N(c1nn(C)c2c(-n3c([C@H](Cc4cc(F)cc(F)c4)OC(N)=O)nc4nc(Oc5ccccc5F)ccc4c3=O)ccc(Cl)c12)S(C)(=O)=O. The van der Waals surface area contributed by atoms with Crippen LogP contribution in [0.2, 0.25) is 5.02 Å². The Labute approximate surface area is 296 Å². The third-order valence-electron chi connectivity index (χ3n) is 7.62. The van der Waals surface area contributed by atoms with Gasteiger partial charge in [-0.15, -0.1) is 0 Å². The van der Waals surface area contributed by atoms with Crippen LogP contribution in [0.5, 0.6) is 11.6 Å². The number of rotatable bonds is 9. The van der Waals surface area contributed by atoms with Gasteiger partial charge in [0.1, 0.15) is 11.6 Å². The van der Waals surface area contributed by atoms with Gasteiger partial charge < -0.3 is 15.2 Å². The van der Waals surface area contributed by atoms with E-state index >= 15 is 0 Å². The zero-order chi connectivity index (χ0) is 37.6. The lowest BCUT2D eigenvalue weighted by Gasteiger charge is -2.22. The van der Waals surface area contributed by atoms with Gasteiger partial charge in [0.2, 0.25) is 21.8 Å². The van der Waals surface area contributed by atoms with Crippen LogP contribution >= 0.6 is 11.6 Å². The van der Waals surface area contributed by atoms with E-state index in [4.69, 9.17) is 26.8 Å². The predicted molar refractivity (Wildman–Crippen MR) is 182 cm³/mol. The van der Waals surface area contributed by atoms with E-state index in [0.29, 0.717) is 10.4 Å². The van der Waals surface area contributed by atoms with Crippen molar-refractivity contribution < 1.29 is 40.7 Å². The van der Waals surface area contributed by atoms with E-state index in [-0.39, 0.29) is 61.5 Å². The minimum absolute atomic E-state index is 0.0176. The van der Waals surface area contributed by atoms with Gasteiger partial charge in [0.15, 0.2) is 35.0 Å². The number of anilines is 1. The number of aromatic nitrogens is 5. The molecule has 19 heteroatoms. The highest BCUT2D eigenvalue weighted by molar-refractivity contribution is 7.92. The number of carbonyl (C=O) groups is 2. The number of nitrogens with zero attached hydrogens (tertiary/aromatic N) is 6. The van der Waals surface area contributed by atoms with Crippen LogP contribution in [0.1, 0.15) is 24.4 Å². The molecule has 0 radical (unpaired) electrons.